The van der Waals surface area contributed by atoms with Crippen molar-refractivity contribution in [3.05, 3.63) is 35.9 Å². The van der Waals surface area contributed by atoms with Gasteiger partial charge in [-0.1, -0.05) is 44.2 Å². The SMILES string of the molecule is CCC(CC)(CN)OCC(=O)NCc1ccccc1. The molecule has 0 spiro atoms. The highest BCUT2D eigenvalue weighted by Gasteiger charge is 2.25. The summed E-state index contributed by atoms with van der Waals surface area (Å²) in [4.78, 5) is 11.7. The summed E-state index contributed by atoms with van der Waals surface area (Å²) >= 11 is 0. The van der Waals surface area contributed by atoms with Gasteiger partial charge in [-0.25, -0.2) is 0 Å². The van der Waals surface area contributed by atoms with Crippen molar-refractivity contribution in [3.8, 4) is 0 Å². The Bertz CT molecular complexity index is 367. The van der Waals surface area contributed by atoms with Gasteiger partial charge in [0.05, 0.1) is 5.60 Å². The Balaban J connectivity index is 2.35. The minimum absolute atomic E-state index is 0.0612. The molecule has 0 aliphatic heterocycles. The van der Waals surface area contributed by atoms with E-state index in [4.69, 9.17) is 10.5 Å². The molecule has 0 saturated carbocycles. The Morgan fingerprint density at radius 3 is 2.42 bits per heavy atom. The second-order valence-electron chi connectivity index (χ2n) is 4.65. The summed E-state index contributed by atoms with van der Waals surface area (Å²) in [5.41, 5.74) is 6.43. The fourth-order valence-corrected chi connectivity index (χ4v) is 1.87. The zero-order chi connectivity index (χ0) is 14.1. The summed E-state index contributed by atoms with van der Waals surface area (Å²) in [6.45, 7) is 5.07. The molecule has 0 bridgehead atoms. The maximum atomic E-state index is 11.7. The zero-order valence-electron chi connectivity index (χ0n) is 11.8. The Morgan fingerprint density at radius 1 is 1.26 bits per heavy atom. The summed E-state index contributed by atoms with van der Waals surface area (Å²) in [5.74, 6) is -0.108. The van der Waals surface area contributed by atoms with Crippen LogP contribution in [0.3, 0.4) is 0 Å². The summed E-state index contributed by atoms with van der Waals surface area (Å²) < 4.78 is 5.69. The summed E-state index contributed by atoms with van der Waals surface area (Å²) in [6.07, 6.45) is 1.62. The van der Waals surface area contributed by atoms with Crippen molar-refractivity contribution in [1.82, 2.24) is 5.32 Å². The van der Waals surface area contributed by atoms with E-state index < -0.39 is 0 Å². The molecule has 19 heavy (non-hydrogen) atoms. The number of carbonyl (C=O) groups excluding carboxylic acids is 1. The van der Waals surface area contributed by atoms with E-state index in [0.717, 1.165) is 18.4 Å². The second kappa shape index (κ2) is 7.92. The number of amides is 1. The predicted octanol–water partition coefficient (Wildman–Crippen LogP) is 1.84. The third-order valence-electron chi connectivity index (χ3n) is 3.50. The van der Waals surface area contributed by atoms with E-state index >= 15 is 0 Å². The molecule has 4 heteroatoms. The number of nitrogens with two attached hydrogens (primary N) is 1. The van der Waals surface area contributed by atoms with E-state index in [1.165, 1.54) is 0 Å². The first-order chi connectivity index (χ1) is 9.15. The molecule has 3 N–H and O–H groups in total. The topological polar surface area (TPSA) is 64.3 Å². The number of nitrogens with one attached hydrogen (secondary N) is 1. The molecule has 0 unspecified atom stereocenters. The van der Waals surface area contributed by atoms with Gasteiger partial charge in [0.2, 0.25) is 5.91 Å². The first kappa shape index (κ1) is 15.7. The molecule has 0 aromatic heterocycles. The molecule has 1 amide bonds. The summed E-state index contributed by atoms with van der Waals surface area (Å²) in [7, 11) is 0. The Kier molecular flexibility index (Phi) is 6.53. The normalized spacial score (nSPS) is 11.3. The minimum atomic E-state index is -0.371. The lowest BCUT2D eigenvalue weighted by Crippen LogP contribution is -2.42. The molecule has 0 saturated heterocycles. The van der Waals surface area contributed by atoms with E-state index in [9.17, 15) is 4.79 Å². The Hall–Kier alpha value is -1.39. The van der Waals surface area contributed by atoms with Crippen LogP contribution in [0.15, 0.2) is 30.3 Å². The van der Waals surface area contributed by atoms with Crippen LogP contribution in [0.4, 0.5) is 0 Å². The maximum Gasteiger partial charge on any atom is 0.246 e. The van der Waals surface area contributed by atoms with Crippen LogP contribution in [0.1, 0.15) is 32.3 Å². The second-order valence-corrected chi connectivity index (χ2v) is 4.65. The van der Waals surface area contributed by atoms with Crippen molar-refractivity contribution in [1.29, 1.82) is 0 Å². The van der Waals surface area contributed by atoms with Crippen LogP contribution >= 0.6 is 0 Å². The van der Waals surface area contributed by atoms with Crippen molar-refractivity contribution in [2.24, 2.45) is 5.73 Å². The Labute approximate surface area is 115 Å². The first-order valence-corrected chi connectivity index (χ1v) is 6.80. The minimum Gasteiger partial charge on any atom is -0.364 e. The highest BCUT2D eigenvalue weighted by molar-refractivity contribution is 5.77. The fourth-order valence-electron chi connectivity index (χ4n) is 1.87. The van der Waals surface area contributed by atoms with Gasteiger partial charge in [-0.05, 0) is 18.4 Å². The molecule has 0 aliphatic carbocycles. The number of rotatable bonds is 8. The molecule has 0 atom stereocenters. The Morgan fingerprint density at radius 2 is 1.89 bits per heavy atom. The van der Waals surface area contributed by atoms with Gasteiger partial charge in [-0.15, -0.1) is 0 Å². The van der Waals surface area contributed by atoms with Gasteiger partial charge in [0.15, 0.2) is 0 Å². The number of carbonyl (C=O) groups is 1. The van der Waals surface area contributed by atoms with Gasteiger partial charge < -0.3 is 15.8 Å². The highest BCUT2D eigenvalue weighted by atomic mass is 16.5. The smallest absolute Gasteiger partial charge is 0.246 e. The molecular weight excluding hydrogens is 240 g/mol. The van der Waals surface area contributed by atoms with Crippen molar-refractivity contribution in [2.45, 2.75) is 38.8 Å². The van der Waals surface area contributed by atoms with Gasteiger partial charge in [-0.3, -0.25) is 4.79 Å². The quantitative estimate of drug-likeness (QED) is 0.753. The lowest BCUT2D eigenvalue weighted by atomic mass is 9.97. The van der Waals surface area contributed by atoms with Gasteiger partial charge in [0.1, 0.15) is 6.61 Å². The summed E-state index contributed by atoms with van der Waals surface area (Å²) in [5, 5.41) is 2.84. The zero-order valence-corrected chi connectivity index (χ0v) is 11.8. The van der Waals surface area contributed by atoms with Crippen LogP contribution in [-0.2, 0) is 16.1 Å². The third kappa shape index (κ3) is 5.01. The van der Waals surface area contributed by atoms with E-state index in [2.05, 4.69) is 5.32 Å². The number of benzene rings is 1. The van der Waals surface area contributed by atoms with E-state index in [0.29, 0.717) is 13.1 Å². The average molecular weight is 264 g/mol. The average Bonchev–Trinajstić information content (AvgIpc) is 2.48. The molecule has 0 heterocycles. The van der Waals surface area contributed by atoms with Crippen molar-refractivity contribution in [3.63, 3.8) is 0 Å². The van der Waals surface area contributed by atoms with Crippen LogP contribution in [0.2, 0.25) is 0 Å². The lowest BCUT2D eigenvalue weighted by Gasteiger charge is -2.30. The molecule has 1 rings (SSSR count). The van der Waals surface area contributed by atoms with Gasteiger partial charge in [0.25, 0.3) is 0 Å². The fraction of sp³-hybridized carbons (Fsp3) is 0.533. The van der Waals surface area contributed by atoms with Crippen molar-refractivity contribution < 1.29 is 9.53 Å². The van der Waals surface area contributed by atoms with Gasteiger partial charge in [0, 0.05) is 13.1 Å². The highest BCUT2D eigenvalue weighted by Crippen LogP contribution is 2.18. The summed E-state index contributed by atoms with van der Waals surface area (Å²) in [6, 6.07) is 9.80. The standard InChI is InChI=1S/C15H24N2O2/c1-3-15(4-2,12-16)19-11-14(18)17-10-13-8-6-5-7-9-13/h5-9H,3-4,10-12,16H2,1-2H3,(H,17,18). The van der Waals surface area contributed by atoms with Gasteiger partial charge >= 0.3 is 0 Å². The number of hydrogen-bond acceptors (Lipinski definition) is 3. The van der Waals surface area contributed by atoms with Crippen LogP contribution in [0.25, 0.3) is 0 Å². The van der Waals surface area contributed by atoms with E-state index in [-0.39, 0.29) is 18.1 Å². The van der Waals surface area contributed by atoms with Crippen LogP contribution in [0, 0.1) is 0 Å². The molecule has 0 fully saturated rings. The third-order valence-corrected chi connectivity index (χ3v) is 3.50. The van der Waals surface area contributed by atoms with Crippen molar-refractivity contribution >= 4 is 5.91 Å². The molecule has 106 valence electrons. The number of hydrogen-bond donors (Lipinski definition) is 2. The molecule has 0 radical (unpaired) electrons. The molecule has 1 aromatic rings. The molecule has 0 aliphatic rings. The molecular formula is C15H24N2O2. The van der Waals surface area contributed by atoms with E-state index in [1.54, 1.807) is 0 Å². The van der Waals surface area contributed by atoms with Crippen LogP contribution in [0.5, 0.6) is 0 Å². The van der Waals surface area contributed by atoms with Gasteiger partial charge in [-0.2, -0.15) is 0 Å². The monoisotopic (exact) mass is 264 g/mol. The number of ether oxygens (including phenoxy) is 1. The first-order valence-electron chi connectivity index (χ1n) is 6.80. The van der Waals surface area contributed by atoms with Crippen LogP contribution in [-0.4, -0.2) is 24.7 Å². The predicted molar refractivity (Wildman–Crippen MR) is 76.6 cm³/mol. The lowest BCUT2D eigenvalue weighted by molar-refractivity contribution is -0.133. The largest absolute Gasteiger partial charge is 0.364 e. The van der Waals surface area contributed by atoms with Crippen molar-refractivity contribution in [2.75, 3.05) is 13.2 Å². The van der Waals surface area contributed by atoms with Crippen LogP contribution < -0.4 is 11.1 Å². The maximum absolute atomic E-state index is 11.7. The van der Waals surface area contributed by atoms with E-state index in [1.807, 2.05) is 44.2 Å². The molecule has 4 nitrogen and oxygen atoms in total. The molecule has 1 aromatic carbocycles.